The van der Waals surface area contributed by atoms with Crippen LogP contribution in [-0.2, 0) is 11.0 Å². The summed E-state index contributed by atoms with van der Waals surface area (Å²) in [6.07, 6.45) is -3.89. The number of rotatable bonds is 4. The number of nitrogens with one attached hydrogen (secondary N) is 1. The predicted octanol–water partition coefficient (Wildman–Crippen LogP) is 3.21. The number of nitrogens with zero attached hydrogens (tertiary/aromatic N) is 3. The molecule has 1 aromatic rings. The van der Waals surface area contributed by atoms with E-state index in [1.54, 1.807) is 15.9 Å². The Morgan fingerprint density at radius 2 is 1.90 bits per heavy atom. The van der Waals surface area contributed by atoms with Gasteiger partial charge in [0.2, 0.25) is 5.91 Å². The van der Waals surface area contributed by atoms with E-state index < -0.39 is 23.4 Å². The quantitative estimate of drug-likeness (QED) is 0.769. The zero-order valence-corrected chi connectivity index (χ0v) is 17.1. The molecule has 2 fully saturated rings. The molecule has 1 aliphatic carbocycles. The van der Waals surface area contributed by atoms with Crippen molar-refractivity contribution in [1.82, 2.24) is 15.2 Å². The molecule has 3 rings (SSSR count). The fourth-order valence-electron chi connectivity index (χ4n) is 4.55. The number of carbonyl (C=O) groups excluding carboxylic acids is 1. The molecule has 2 atom stereocenters. The Bertz CT molecular complexity index is 794. The average molecular weight is 428 g/mol. The van der Waals surface area contributed by atoms with E-state index in [4.69, 9.17) is 5.11 Å². The number of piperazine rings is 1. The molecule has 0 aromatic carbocycles. The summed E-state index contributed by atoms with van der Waals surface area (Å²) in [6.45, 7) is 5.52. The maximum atomic E-state index is 13.4. The third kappa shape index (κ3) is 4.46. The standard InChI is InChI=1S/C20H27F3N4O3/c1-13(2)19(7-6-14(12-19)24-18(29)30)17(28)27-10-8-26(9-11-27)16-5-3-4-15(25-16)20(21,22)23/h3-5,13-14,24H,6-12H2,1-2H3,(H,29,30)/t14-,19+/m1/s1. The van der Waals surface area contributed by atoms with Gasteiger partial charge in [-0.15, -0.1) is 0 Å². The fraction of sp³-hybridized carbons (Fsp3) is 0.650. The Hall–Kier alpha value is -2.52. The van der Waals surface area contributed by atoms with Crippen molar-refractivity contribution in [3.05, 3.63) is 23.9 Å². The molecule has 7 nitrogen and oxygen atoms in total. The molecule has 2 aliphatic rings. The van der Waals surface area contributed by atoms with Crippen molar-refractivity contribution >= 4 is 17.8 Å². The van der Waals surface area contributed by atoms with Gasteiger partial charge in [0, 0.05) is 32.2 Å². The molecule has 30 heavy (non-hydrogen) atoms. The molecule has 2 heterocycles. The smallest absolute Gasteiger partial charge is 0.433 e. The van der Waals surface area contributed by atoms with E-state index >= 15 is 0 Å². The zero-order chi connectivity index (χ0) is 22.1. The molecule has 1 saturated carbocycles. The maximum absolute atomic E-state index is 13.4. The first-order chi connectivity index (χ1) is 14.0. The van der Waals surface area contributed by atoms with Crippen LogP contribution >= 0.6 is 0 Å². The van der Waals surface area contributed by atoms with Crippen molar-refractivity contribution in [3.8, 4) is 0 Å². The largest absolute Gasteiger partial charge is 0.465 e. The van der Waals surface area contributed by atoms with Crippen molar-refractivity contribution in [2.45, 2.75) is 45.3 Å². The highest BCUT2D eigenvalue weighted by molar-refractivity contribution is 5.84. The van der Waals surface area contributed by atoms with Crippen LogP contribution in [0.3, 0.4) is 0 Å². The summed E-state index contributed by atoms with van der Waals surface area (Å²) >= 11 is 0. The van der Waals surface area contributed by atoms with Crippen LogP contribution in [0, 0.1) is 11.3 Å². The highest BCUT2D eigenvalue weighted by Crippen LogP contribution is 2.46. The summed E-state index contributed by atoms with van der Waals surface area (Å²) in [4.78, 5) is 31.6. The first-order valence-electron chi connectivity index (χ1n) is 10.1. The number of carbonyl (C=O) groups is 2. The van der Waals surface area contributed by atoms with Gasteiger partial charge in [0.15, 0.2) is 0 Å². The van der Waals surface area contributed by atoms with E-state index in [-0.39, 0.29) is 23.7 Å². The van der Waals surface area contributed by atoms with E-state index in [9.17, 15) is 22.8 Å². The molecule has 0 spiro atoms. The molecule has 2 amide bonds. The zero-order valence-electron chi connectivity index (χ0n) is 17.1. The first kappa shape index (κ1) is 22.2. The maximum Gasteiger partial charge on any atom is 0.433 e. The normalized spacial score (nSPS) is 24.9. The van der Waals surface area contributed by atoms with E-state index in [0.717, 1.165) is 6.07 Å². The Balaban J connectivity index is 1.67. The Morgan fingerprint density at radius 3 is 2.47 bits per heavy atom. The van der Waals surface area contributed by atoms with Gasteiger partial charge in [-0.1, -0.05) is 19.9 Å². The molecule has 2 N–H and O–H groups in total. The summed E-state index contributed by atoms with van der Waals surface area (Å²) in [5.74, 6) is 0.305. The summed E-state index contributed by atoms with van der Waals surface area (Å²) in [6, 6.07) is 3.58. The number of amides is 2. The Kier molecular flexibility index (Phi) is 6.14. The Morgan fingerprint density at radius 1 is 1.23 bits per heavy atom. The monoisotopic (exact) mass is 428 g/mol. The number of anilines is 1. The molecule has 166 valence electrons. The highest BCUT2D eigenvalue weighted by atomic mass is 19.4. The number of alkyl halides is 3. The highest BCUT2D eigenvalue weighted by Gasteiger charge is 2.49. The predicted molar refractivity (Wildman–Crippen MR) is 104 cm³/mol. The van der Waals surface area contributed by atoms with Crippen LogP contribution in [0.15, 0.2) is 18.2 Å². The van der Waals surface area contributed by atoms with Gasteiger partial charge in [0.25, 0.3) is 0 Å². The minimum absolute atomic E-state index is 0.00356. The molecule has 10 heteroatoms. The second-order valence-electron chi connectivity index (χ2n) is 8.36. The average Bonchev–Trinajstić information content (AvgIpc) is 3.11. The van der Waals surface area contributed by atoms with Crippen LogP contribution in [0.1, 0.15) is 38.8 Å². The van der Waals surface area contributed by atoms with Gasteiger partial charge in [-0.05, 0) is 37.3 Å². The minimum atomic E-state index is -4.50. The van der Waals surface area contributed by atoms with E-state index in [2.05, 4.69) is 10.3 Å². The third-order valence-electron chi connectivity index (χ3n) is 6.32. The molecular formula is C20H27F3N4O3. The third-order valence-corrected chi connectivity index (χ3v) is 6.32. The number of hydrogen-bond donors (Lipinski definition) is 2. The van der Waals surface area contributed by atoms with E-state index in [0.29, 0.717) is 45.4 Å². The second-order valence-corrected chi connectivity index (χ2v) is 8.36. The van der Waals surface area contributed by atoms with E-state index in [1.807, 2.05) is 13.8 Å². The van der Waals surface area contributed by atoms with Crippen LogP contribution in [-0.4, -0.2) is 59.2 Å². The van der Waals surface area contributed by atoms with Gasteiger partial charge >= 0.3 is 12.3 Å². The van der Waals surface area contributed by atoms with Crippen molar-refractivity contribution < 1.29 is 27.9 Å². The summed E-state index contributed by atoms with van der Waals surface area (Å²) in [7, 11) is 0. The van der Waals surface area contributed by atoms with Crippen LogP contribution < -0.4 is 10.2 Å². The molecule has 0 unspecified atom stereocenters. The van der Waals surface area contributed by atoms with Crippen LogP contribution in [0.4, 0.5) is 23.8 Å². The summed E-state index contributed by atoms with van der Waals surface area (Å²) < 4.78 is 38.8. The Labute approximate surface area is 173 Å². The lowest BCUT2D eigenvalue weighted by Gasteiger charge is -2.42. The van der Waals surface area contributed by atoms with Crippen LogP contribution in [0.2, 0.25) is 0 Å². The van der Waals surface area contributed by atoms with Crippen molar-refractivity contribution in [1.29, 1.82) is 0 Å². The van der Waals surface area contributed by atoms with Gasteiger partial charge in [0.05, 0.1) is 5.41 Å². The van der Waals surface area contributed by atoms with Crippen molar-refractivity contribution in [2.75, 3.05) is 31.1 Å². The minimum Gasteiger partial charge on any atom is -0.465 e. The SMILES string of the molecule is CC(C)[C@]1(C(=O)N2CCN(c3cccc(C(F)(F)F)n3)CC2)CC[C@@H](NC(=O)O)C1. The van der Waals surface area contributed by atoms with Gasteiger partial charge in [-0.2, -0.15) is 13.2 Å². The van der Waals surface area contributed by atoms with Gasteiger partial charge in [-0.3, -0.25) is 4.79 Å². The van der Waals surface area contributed by atoms with Crippen molar-refractivity contribution in [2.24, 2.45) is 11.3 Å². The number of carboxylic acid groups (broad SMARTS) is 1. The number of halogens is 3. The van der Waals surface area contributed by atoms with Crippen LogP contribution in [0.5, 0.6) is 0 Å². The molecule has 1 aliphatic heterocycles. The molecule has 1 saturated heterocycles. The fourth-order valence-corrected chi connectivity index (χ4v) is 4.55. The molecule has 0 radical (unpaired) electrons. The molecule has 0 bridgehead atoms. The second kappa shape index (κ2) is 8.31. The lowest BCUT2D eigenvalue weighted by molar-refractivity contribution is -0.145. The molecule has 1 aromatic heterocycles. The lowest BCUT2D eigenvalue weighted by Crippen LogP contribution is -2.54. The first-order valence-corrected chi connectivity index (χ1v) is 10.1. The number of aromatic nitrogens is 1. The summed E-state index contributed by atoms with van der Waals surface area (Å²) in [5.41, 5.74) is -1.55. The van der Waals surface area contributed by atoms with Crippen molar-refractivity contribution in [3.63, 3.8) is 0 Å². The van der Waals surface area contributed by atoms with Gasteiger partial charge < -0.3 is 20.2 Å². The molecular weight excluding hydrogens is 401 g/mol. The van der Waals surface area contributed by atoms with Gasteiger partial charge in [0.1, 0.15) is 11.5 Å². The number of hydrogen-bond acceptors (Lipinski definition) is 4. The topological polar surface area (TPSA) is 85.8 Å². The van der Waals surface area contributed by atoms with Crippen LogP contribution in [0.25, 0.3) is 0 Å². The summed E-state index contributed by atoms with van der Waals surface area (Å²) in [5, 5.41) is 11.5. The van der Waals surface area contributed by atoms with E-state index in [1.165, 1.54) is 6.07 Å². The number of pyridine rings is 1. The van der Waals surface area contributed by atoms with Gasteiger partial charge in [-0.25, -0.2) is 9.78 Å². The lowest BCUT2D eigenvalue weighted by atomic mass is 9.74.